The summed E-state index contributed by atoms with van der Waals surface area (Å²) in [7, 11) is 0. The molecule has 1 aromatic carbocycles. The van der Waals surface area contributed by atoms with Gasteiger partial charge in [-0.15, -0.1) is 0 Å². The molecule has 5 atom stereocenters. The van der Waals surface area contributed by atoms with E-state index in [4.69, 9.17) is 19.1 Å². The molecule has 2 saturated heterocycles. The number of rotatable bonds is 3. The van der Waals surface area contributed by atoms with E-state index >= 15 is 0 Å². The van der Waals surface area contributed by atoms with Crippen molar-refractivity contribution in [3.63, 3.8) is 0 Å². The molecule has 0 spiro atoms. The van der Waals surface area contributed by atoms with E-state index in [1.165, 1.54) is 12.2 Å². The van der Waals surface area contributed by atoms with Gasteiger partial charge in [0.2, 0.25) is 6.10 Å². The number of ketones is 1. The number of esters is 1. The minimum Gasteiger partial charge on any atom is -0.485 e. The van der Waals surface area contributed by atoms with Gasteiger partial charge in [-0.1, -0.05) is 23.4 Å². The number of hydrogen-bond donors (Lipinski definition) is 0. The largest absolute Gasteiger partial charge is 0.485 e. The van der Waals surface area contributed by atoms with Crippen LogP contribution in [0.4, 0.5) is 0 Å². The average Bonchev–Trinajstić information content (AvgIpc) is 3.01. The molecule has 0 radical (unpaired) electrons. The van der Waals surface area contributed by atoms with Gasteiger partial charge >= 0.3 is 5.97 Å². The Hall–Kier alpha value is -1.96. The van der Waals surface area contributed by atoms with Crippen molar-refractivity contribution in [3.8, 4) is 5.75 Å². The highest BCUT2D eigenvalue weighted by Gasteiger charge is 2.71. The van der Waals surface area contributed by atoms with Crippen LogP contribution in [-0.4, -0.2) is 47.4 Å². The summed E-state index contributed by atoms with van der Waals surface area (Å²) < 4.78 is 11.2. The van der Waals surface area contributed by atoms with Gasteiger partial charge in [-0.05, 0) is 26.8 Å². The third-order valence-electron chi connectivity index (χ3n) is 5.02. The summed E-state index contributed by atoms with van der Waals surface area (Å²) >= 11 is 0. The lowest BCUT2D eigenvalue weighted by Gasteiger charge is -2.40. The molecule has 7 nitrogen and oxygen atoms in total. The zero-order valence-corrected chi connectivity index (χ0v) is 13.7. The molecule has 0 aliphatic carbocycles. The summed E-state index contributed by atoms with van der Waals surface area (Å²) in [4.78, 5) is 35.8. The van der Waals surface area contributed by atoms with Crippen LogP contribution in [0.15, 0.2) is 24.3 Å². The first kappa shape index (κ1) is 15.6. The fourth-order valence-electron chi connectivity index (χ4n) is 3.92. The van der Waals surface area contributed by atoms with Crippen LogP contribution in [0.25, 0.3) is 0 Å². The average molecular weight is 333 g/mol. The third-order valence-corrected chi connectivity index (χ3v) is 5.02. The Labute approximate surface area is 139 Å². The van der Waals surface area contributed by atoms with Crippen molar-refractivity contribution in [2.24, 2.45) is 0 Å². The zero-order valence-electron chi connectivity index (χ0n) is 13.7. The highest BCUT2D eigenvalue weighted by Crippen LogP contribution is 2.56. The first-order chi connectivity index (χ1) is 11.5. The normalized spacial score (nSPS) is 36.6. The molecule has 1 aromatic rings. The van der Waals surface area contributed by atoms with Gasteiger partial charge in [-0.2, -0.15) is 0 Å². The summed E-state index contributed by atoms with van der Waals surface area (Å²) in [6.07, 6.45) is -2.23. The Morgan fingerprint density at radius 1 is 1.25 bits per heavy atom. The molecule has 4 rings (SSSR count). The van der Waals surface area contributed by atoms with E-state index in [2.05, 4.69) is 0 Å². The summed E-state index contributed by atoms with van der Waals surface area (Å²) in [5.74, 6) is -0.243. The highest BCUT2D eigenvalue weighted by molar-refractivity contribution is 5.83. The Morgan fingerprint density at radius 3 is 2.67 bits per heavy atom. The highest BCUT2D eigenvalue weighted by atomic mass is 17.0. The van der Waals surface area contributed by atoms with E-state index in [-0.39, 0.29) is 18.3 Å². The third kappa shape index (κ3) is 1.89. The molecular weight excluding hydrogens is 314 g/mol. The van der Waals surface area contributed by atoms with Crippen molar-refractivity contribution in [2.45, 2.75) is 50.5 Å². The molecule has 2 fully saturated rings. The van der Waals surface area contributed by atoms with Crippen LogP contribution in [0, 0.1) is 0 Å². The topological polar surface area (TPSA) is 74.3 Å². The van der Waals surface area contributed by atoms with Crippen molar-refractivity contribution < 1.29 is 28.7 Å². The maximum absolute atomic E-state index is 12.3. The summed E-state index contributed by atoms with van der Waals surface area (Å²) in [6.45, 7) is 5.36. The van der Waals surface area contributed by atoms with Crippen LogP contribution >= 0.6 is 0 Å². The van der Waals surface area contributed by atoms with Crippen LogP contribution < -0.4 is 4.74 Å². The number of ether oxygens (including phenoxy) is 2. The minimum absolute atomic E-state index is 0.0950. The predicted molar refractivity (Wildman–Crippen MR) is 80.9 cm³/mol. The molecule has 24 heavy (non-hydrogen) atoms. The number of para-hydroxylation sites is 1. The van der Waals surface area contributed by atoms with Crippen molar-refractivity contribution in [1.82, 2.24) is 5.23 Å². The molecule has 3 aliphatic rings. The number of nitrogens with zero attached hydrogens (tertiary/aromatic N) is 1. The lowest BCUT2D eigenvalue weighted by molar-refractivity contribution is -0.362. The van der Waals surface area contributed by atoms with Gasteiger partial charge in [0.1, 0.15) is 17.4 Å². The van der Waals surface area contributed by atoms with E-state index < -0.39 is 29.8 Å². The van der Waals surface area contributed by atoms with E-state index in [1.54, 1.807) is 6.92 Å². The number of hydroxylamine groups is 2. The Kier molecular flexibility index (Phi) is 3.42. The zero-order chi connectivity index (χ0) is 17.1. The van der Waals surface area contributed by atoms with Crippen LogP contribution in [0.2, 0.25) is 0 Å². The smallest absolute Gasteiger partial charge is 0.341 e. The number of hydrogen-bond acceptors (Lipinski definition) is 7. The fraction of sp³-hybridized carbons (Fsp3) is 0.529. The van der Waals surface area contributed by atoms with Crippen molar-refractivity contribution in [1.29, 1.82) is 0 Å². The van der Waals surface area contributed by atoms with Crippen LogP contribution in [-0.2, 0) is 24.0 Å². The second kappa shape index (κ2) is 5.27. The van der Waals surface area contributed by atoms with Gasteiger partial charge in [0.05, 0.1) is 6.61 Å². The lowest BCUT2D eigenvalue weighted by Crippen LogP contribution is -2.56. The van der Waals surface area contributed by atoms with Crippen LogP contribution in [0.1, 0.15) is 32.3 Å². The quantitative estimate of drug-likeness (QED) is 0.774. The molecule has 0 N–H and O–H groups in total. The Balaban J connectivity index is 1.82. The summed E-state index contributed by atoms with van der Waals surface area (Å²) in [5.41, 5.74) is 0.0920. The van der Waals surface area contributed by atoms with Gasteiger partial charge in [-0.25, -0.2) is 4.79 Å². The van der Waals surface area contributed by atoms with E-state index in [1.807, 2.05) is 31.2 Å². The maximum atomic E-state index is 12.3. The molecule has 0 aromatic heterocycles. The predicted octanol–water partition coefficient (Wildman–Crippen LogP) is 1.37. The van der Waals surface area contributed by atoms with Gasteiger partial charge in [0.15, 0.2) is 11.9 Å². The second-order valence-electron chi connectivity index (χ2n) is 6.45. The molecule has 0 bridgehead atoms. The first-order valence-electron chi connectivity index (χ1n) is 8.05. The number of benzene rings is 1. The van der Waals surface area contributed by atoms with E-state index in [9.17, 15) is 9.59 Å². The molecule has 128 valence electrons. The molecule has 7 heteroatoms. The molecule has 3 aliphatic heterocycles. The van der Waals surface area contributed by atoms with E-state index in [0.29, 0.717) is 5.75 Å². The lowest BCUT2D eigenvalue weighted by atomic mass is 9.71. The van der Waals surface area contributed by atoms with Crippen molar-refractivity contribution in [2.75, 3.05) is 6.61 Å². The van der Waals surface area contributed by atoms with Gasteiger partial charge in [-0.3, -0.25) is 14.5 Å². The SMILES string of the molecule is CCOC(=O)[C@@H]1ON2O[C@H](C(C)=O)[C@H]3c4ccccc4O[C@@H]1[C@]32C. The van der Waals surface area contributed by atoms with Crippen LogP contribution in [0.5, 0.6) is 5.75 Å². The molecule has 0 saturated carbocycles. The molecule has 0 unspecified atom stereocenters. The van der Waals surface area contributed by atoms with Gasteiger partial charge in [0, 0.05) is 11.5 Å². The first-order valence-corrected chi connectivity index (χ1v) is 8.05. The minimum atomic E-state index is -0.932. The standard InChI is InChI=1S/C17H19NO6/c1-4-21-16(20)14-15-17(3)12(10-7-5-6-8-11(10)22-15)13(9(2)19)23-18(17)24-14/h5-8,12-15H,4H2,1-3H3/t12-,13-,14-,15+,17+/m1/s1. The van der Waals surface area contributed by atoms with Crippen molar-refractivity contribution >= 4 is 11.8 Å². The summed E-state index contributed by atoms with van der Waals surface area (Å²) in [5, 5.41) is 1.27. The number of fused-ring (bicyclic) bond motifs is 2. The molecular formula is C17H19NO6. The Morgan fingerprint density at radius 2 is 1.96 bits per heavy atom. The fourth-order valence-corrected chi connectivity index (χ4v) is 3.92. The summed E-state index contributed by atoms with van der Waals surface area (Å²) in [6, 6.07) is 7.49. The van der Waals surface area contributed by atoms with Gasteiger partial charge in [0.25, 0.3) is 0 Å². The molecule has 0 amide bonds. The number of Topliss-reactive ketones (excluding diaryl/α,β-unsaturated/α-hetero) is 1. The monoisotopic (exact) mass is 333 g/mol. The van der Waals surface area contributed by atoms with Crippen LogP contribution in [0.3, 0.4) is 0 Å². The Bertz CT molecular complexity index is 706. The molecule has 3 heterocycles. The van der Waals surface area contributed by atoms with Crippen molar-refractivity contribution in [3.05, 3.63) is 29.8 Å². The number of carbonyl (C=O) groups excluding carboxylic acids is 2. The number of carbonyl (C=O) groups is 2. The van der Waals surface area contributed by atoms with Gasteiger partial charge < -0.3 is 9.47 Å². The van der Waals surface area contributed by atoms with E-state index in [0.717, 1.165) is 5.56 Å². The second-order valence-corrected chi connectivity index (χ2v) is 6.45. The maximum Gasteiger partial charge on any atom is 0.341 e.